The van der Waals surface area contributed by atoms with Gasteiger partial charge in [0.15, 0.2) is 6.29 Å². The van der Waals surface area contributed by atoms with E-state index in [4.69, 9.17) is 0 Å². The van der Waals surface area contributed by atoms with Gasteiger partial charge >= 0.3 is 0 Å². The van der Waals surface area contributed by atoms with Crippen molar-refractivity contribution in [1.82, 2.24) is 10.2 Å². The molecule has 0 unspecified atom stereocenters. The highest BCUT2D eigenvalue weighted by Crippen LogP contribution is 2.06. The first-order valence-corrected chi connectivity index (χ1v) is 6.75. The van der Waals surface area contributed by atoms with Crippen LogP contribution >= 0.6 is 0 Å². The minimum absolute atomic E-state index is 0.116. The summed E-state index contributed by atoms with van der Waals surface area (Å²) in [6.45, 7) is 6.79. The highest BCUT2D eigenvalue weighted by Gasteiger charge is 2.09. The number of aldehydes is 1. The van der Waals surface area contributed by atoms with Crippen LogP contribution in [0.5, 0.6) is 0 Å². The number of likely N-dealkylation sites (tertiary alicyclic amines) is 1. The molecule has 0 amide bonds. The van der Waals surface area contributed by atoms with Gasteiger partial charge in [-0.15, -0.1) is 0 Å². The molecule has 0 aliphatic carbocycles. The summed E-state index contributed by atoms with van der Waals surface area (Å²) in [7, 11) is 2.01. The maximum absolute atomic E-state index is 12.6. The Kier molecular flexibility index (Phi) is 7.30. The molecule has 1 aliphatic heterocycles. The van der Waals surface area contributed by atoms with Gasteiger partial charge in [0.2, 0.25) is 0 Å². The van der Waals surface area contributed by atoms with Gasteiger partial charge in [0.05, 0.1) is 5.56 Å². The fourth-order valence-electron chi connectivity index (χ4n) is 2.00. The number of hydrogen-bond acceptors (Lipinski definition) is 3. The van der Waals surface area contributed by atoms with Crippen molar-refractivity contribution in [3.8, 4) is 0 Å². The molecule has 0 spiro atoms. The lowest BCUT2D eigenvalue weighted by atomic mass is 10.1. The van der Waals surface area contributed by atoms with Crippen LogP contribution in [0.3, 0.4) is 0 Å². The summed E-state index contributed by atoms with van der Waals surface area (Å²) in [4.78, 5) is 12.6. The Morgan fingerprint density at radius 3 is 2.58 bits per heavy atom. The number of halogens is 1. The van der Waals surface area contributed by atoms with Gasteiger partial charge in [-0.3, -0.25) is 4.79 Å². The SMILES string of the molecule is CNCCN1CCCC1.Cc1ccc(C=O)c(F)c1. The second kappa shape index (κ2) is 8.77. The minimum Gasteiger partial charge on any atom is -0.318 e. The van der Waals surface area contributed by atoms with E-state index in [0.717, 1.165) is 12.1 Å². The number of aryl methyl sites for hydroxylation is 1. The van der Waals surface area contributed by atoms with Crippen LogP contribution in [-0.2, 0) is 0 Å². The van der Waals surface area contributed by atoms with Gasteiger partial charge in [-0.2, -0.15) is 0 Å². The summed E-state index contributed by atoms with van der Waals surface area (Å²) in [5, 5.41) is 3.15. The van der Waals surface area contributed by atoms with Crippen LogP contribution < -0.4 is 5.32 Å². The summed E-state index contributed by atoms with van der Waals surface area (Å²) in [5.41, 5.74) is 0.939. The molecule has 1 fully saturated rings. The van der Waals surface area contributed by atoms with E-state index in [1.807, 2.05) is 7.05 Å². The van der Waals surface area contributed by atoms with Gasteiger partial charge in [-0.25, -0.2) is 4.39 Å². The molecule has 0 saturated carbocycles. The van der Waals surface area contributed by atoms with Crippen molar-refractivity contribution in [1.29, 1.82) is 0 Å². The Morgan fingerprint density at radius 1 is 1.37 bits per heavy atom. The van der Waals surface area contributed by atoms with E-state index in [9.17, 15) is 9.18 Å². The van der Waals surface area contributed by atoms with Crippen LogP contribution in [0.2, 0.25) is 0 Å². The van der Waals surface area contributed by atoms with Crippen LogP contribution in [-0.4, -0.2) is 44.4 Å². The lowest BCUT2D eigenvalue weighted by Gasteiger charge is -2.12. The van der Waals surface area contributed by atoms with Crippen LogP contribution in [0, 0.1) is 12.7 Å². The molecule has 0 bridgehead atoms. The molecule has 1 heterocycles. The monoisotopic (exact) mass is 266 g/mol. The number of nitrogens with one attached hydrogen (secondary N) is 1. The molecule has 1 aromatic rings. The predicted molar refractivity (Wildman–Crippen MR) is 76.1 cm³/mol. The third-order valence-electron chi connectivity index (χ3n) is 3.16. The third kappa shape index (κ3) is 5.94. The number of rotatable bonds is 4. The Bertz CT molecular complexity index is 390. The Balaban J connectivity index is 0.000000191. The number of likely N-dealkylation sites (N-methyl/N-ethyl adjacent to an activating group) is 1. The van der Waals surface area contributed by atoms with E-state index in [-0.39, 0.29) is 5.56 Å². The van der Waals surface area contributed by atoms with Gasteiger partial charge in [-0.05, 0) is 57.6 Å². The Labute approximate surface area is 114 Å². The normalized spacial score (nSPS) is 14.9. The lowest BCUT2D eigenvalue weighted by Crippen LogP contribution is -2.27. The predicted octanol–water partition coefficient (Wildman–Crippen LogP) is 2.25. The molecular formula is C15H23FN2O. The van der Waals surface area contributed by atoms with Gasteiger partial charge in [-0.1, -0.05) is 6.07 Å². The zero-order valence-electron chi connectivity index (χ0n) is 11.8. The first-order valence-electron chi connectivity index (χ1n) is 6.75. The maximum Gasteiger partial charge on any atom is 0.152 e. The number of carbonyl (C=O) groups excluding carboxylic acids is 1. The maximum atomic E-state index is 12.6. The fourth-order valence-corrected chi connectivity index (χ4v) is 2.00. The molecule has 1 N–H and O–H groups in total. The van der Waals surface area contributed by atoms with E-state index in [1.54, 1.807) is 13.0 Å². The van der Waals surface area contributed by atoms with Crippen molar-refractivity contribution in [3.05, 3.63) is 35.1 Å². The average molecular weight is 266 g/mol. The van der Waals surface area contributed by atoms with Crippen LogP contribution in [0.1, 0.15) is 28.8 Å². The first kappa shape index (κ1) is 15.8. The fraction of sp³-hybridized carbons (Fsp3) is 0.533. The number of carbonyl (C=O) groups is 1. The summed E-state index contributed by atoms with van der Waals surface area (Å²) < 4.78 is 12.6. The zero-order valence-corrected chi connectivity index (χ0v) is 11.8. The van der Waals surface area contributed by atoms with Crippen LogP contribution in [0.25, 0.3) is 0 Å². The number of benzene rings is 1. The van der Waals surface area contributed by atoms with Crippen molar-refractivity contribution in [2.45, 2.75) is 19.8 Å². The molecule has 3 nitrogen and oxygen atoms in total. The highest BCUT2D eigenvalue weighted by atomic mass is 19.1. The third-order valence-corrected chi connectivity index (χ3v) is 3.16. The van der Waals surface area contributed by atoms with Gasteiger partial charge in [0, 0.05) is 13.1 Å². The molecule has 19 heavy (non-hydrogen) atoms. The van der Waals surface area contributed by atoms with Crippen LogP contribution in [0.4, 0.5) is 4.39 Å². The van der Waals surface area contributed by atoms with E-state index < -0.39 is 5.82 Å². The number of hydrogen-bond donors (Lipinski definition) is 1. The summed E-state index contributed by atoms with van der Waals surface area (Å²) in [5.74, 6) is -0.449. The van der Waals surface area contributed by atoms with Gasteiger partial charge in [0.1, 0.15) is 5.82 Å². The molecule has 0 aromatic heterocycles. The largest absolute Gasteiger partial charge is 0.318 e. The first-order chi connectivity index (χ1) is 9.17. The zero-order chi connectivity index (χ0) is 14.1. The van der Waals surface area contributed by atoms with E-state index in [0.29, 0.717) is 6.29 Å². The molecule has 1 aromatic carbocycles. The Hall–Kier alpha value is -1.26. The molecular weight excluding hydrogens is 243 g/mol. The standard InChI is InChI=1S/C8H7FO.C7H16N2/c1-6-2-3-7(5-10)8(9)4-6;1-8-4-7-9-5-2-3-6-9/h2-5H,1H3;8H,2-7H2,1H3. The van der Waals surface area contributed by atoms with Crippen LogP contribution in [0.15, 0.2) is 18.2 Å². The average Bonchev–Trinajstić information content (AvgIpc) is 2.90. The quantitative estimate of drug-likeness (QED) is 0.848. The molecule has 106 valence electrons. The van der Waals surface area contributed by atoms with E-state index >= 15 is 0 Å². The lowest BCUT2D eigenvalue weighted by molar-refractivity contribution is 0.112. The molecule has 0 radical (unpaired) electrons. The van der Waals surface area contributed by atoms with Gasteiger partial charge < -0.3 is 10.2 Å². The summed E-state index contributed by atoms with van der Waals surface area (Å²) in [6.07, 6.45) is 3.32. The van der Waals surface area contributed by atoms with Crippen molar-refractivity contribution in [2.75, 3.05) is 33.2 Å². The second-order valence-electron chi connectivity index (χ2n) is 4.80. The van der Waals surface area contributed by atoms with Gasteiger partial charge in [0.25, 0.3) is 0 Å². The molecule has 0 atom stereocenters. The molecule has 4 heteroatoms. The molecule has 1 aliphatic rings. The topological polar surface area (TPSA) is 32.3 Å². The van der Waals surface area contributed by atoms with E-state index in [1.165, 1.54) is 44.6 Å². The Morgan fingerprint density at radius 2 is 2.05 bits per heavy atom. The van der Waals surface area contributed by atoms with Crippen molar-refractivity contribution < 1.29 is 9.18 Å². The number of nitrogens with zero attached hydrogens (tertiary/aromatic N) is 1. The second-order valence-corrected chi connectivity index (χ2v) is 4.80. The smallest absolute Gasteiger partial charge is 0.152 e. The van der Waals surface area contributed by atoms with E-state index in [2.05, 4.69) is 10.2 Å². The molecule has 2 rings (SSSR count). The summed E-state index contributed by atoms with van der Waals surface area (Å²) >= 11 is 0. The van der Waals surface area contributed by atoms with Crippen molar-refractivity contribution in [2.24, 2.45) is 0 Å². The summed E-state index contributed by atoms with van der Waals surface area (Å²) in [6, 6.07) is 4.51. The van der Waals surface area contributed by atoms with Crippen molar-refractivity contribution >= 4 is 6.29 Å². The highest BCUT2D eigenvalue weighted by molar-refractivity contribution is 5.75. The van der Waals surface area contributed by atoms with Crippen molar-refractivity contribution in [3.63, 3.8) is 0 Å². The minimum atomic E-state index is -0.449. The molecule has 1 saturated heterocycles.